The Labute approximate surface area is 206 Å². The van der Waals surface area contributed by atoms with Gasteiger partial charge in [0.15, 0.2) is 5.65 Å². The summed E-state index contributed by atoms with van der Waals surface area (Å²) in [4.78, 5) is 21.9. The highest BCUT2D eigenvalue weighted by atomic mass is 19.3. The van der Waals surface area contributed by atoms with Crippen molar-refractivity contribution >= 4 is 17.2 Å². The first-order chi connectivity index (χ1) is 17.5. The third-order valence-electron chi connectivity index (χ3n) is 6.34. The molecule has 2 aromatic heterocycles. The van der Waals surface area contributed by atoms with Gasteiger partial charge in [0.25, 0.3) is 12.3 Å². The van der Waals surface area contributed by atoms with E-state index < -0.39 is 6.43 Å². The molecule has 0 unspecified atom stereocenters. The summed E-state index contributed by atoms with van der Waals surface area (Å²) in [6, 6.07) is 16.0. The number of piperazine rings is 1. The number of anilines is 1. The van der Waals surface area contributed by atoms with Crippen molar-refractivity contribution in [3.63, 3.8) is 0 Å². The van der Waals surface area contributed by atoms with E-state index in [1.54, 1.807) is 43.4 Å². The molecule has 1 saturated heterocycles. The van der Waals surface area contributed by atoms with Crippen molar-refractivity contribution in [3.05, 3.63) is 72.1 Å². The molecule has 0 N–H and O–H groups in total. The number of amides is 1. The summed E-state index contributed by atoms with van der Waals surface area (Å²) in [5.74, 6) is 1.15. The molecule has 1 aliphatic rings. The Morgan fingerprint density at radius 2 is 1.53 bits per heavy atom. The lowest BCUT2D eigenvalue weighted by Crippen LogP contribution is -2.48. The Morgan fingerprint density at radius 1 is 0.917 bits per heavy atom. The second kappa shape index (κ2) is 9.80. The van der Waals surface area contributed by atoms with E-state index in [9.17, 15) is 13.6 Å². The lowest BCUT2D eigenvalue weighted by atomic mass is 10.1. The second-order valence-corrected chi connectivity index (χ2v) is 8.37. The molecule has 0 saturated carbocycles. The van der Waals surface area contributed by atoms with E-state index in [-0.39, 0.29) is 22.8 Å². The molecule has 8 nitrogen and oxygen atoms in total. The SMILES string of the molecule is COc1ccc(-c2cc(C(F)F)n3ncc(C(=O)N4CCN(c5ccc(OC)cc5)CC4)c3n2)cc1. The fourth-order valence-electron chi connectivity index (χ4n) is 4.33. The predicted octanol–water partition coefficient (Wildman–Crippen LogP) is 4.31. The van der Waals surface area contributed by atoms with Crippen molar-refractivity contribution in [3.8, 4) is 22.8 Å². The van der Waals surface area contributed by atoms with Gasteiger partial charge in [-0.25, -0.2) is 18.3 Å². The van der Waals surface area contributed by atoms with E-state index in [0.29, 0.717) is 43.2 Å². The van der Waals surface area contributed by atoms with Crippen LogP contribution in [0.1, 0.15) is 22.5 Å². The van der Waals surface area contributed by atoms with Crippen molar-refractivity contribution < 1.29 is 23.0 Å². The molecule has 1 aliphatic heterocycles. The van der Waals surface area contributed by atoms with Crippen LogP contribution in [0, 0.1) is 0 Å². The van der Waals surface area contributed by atoms with Gasteiger partial charge in [-0.2, -0.15) is 5.10 Å². The monoisotopic (exact) mass is 493 g/mol. The first kappa shape index (κ1) is 23.5. The third-order valence-corrected chi connectivity index (χ3v) is 6.34. The number of halogens is 2. The Kier molecular flexibility index (Phi) is 6.41. The fraction of sp³-hybridized carbons (Fsp3) is 0.269. The van der Waals surface area contributed by atoms with E-state index in [0.717, 1.165) is 16.0 Å². The molecule has 0 spiro atoms. The number of benzene rings is 2. The van der Waals surface area contributed by atoms with Gasteiger partial charge in [-0.05, 0) is 54.6 Å². The summed E-state index contributed by atoms with van der Waals surface area (Å²) in [5.41, 5.74) is 2.00. The van der Waals surface area contributed by atoms with Crippen LogP contribution < -0.4 is 14.4 Å². The van der Waals surface area contributed by atoms with E-state index in [1.807, 2.05) is 24.3 Å². The zero-order valence-corrected chi connectivity index (χ0v) is 19.9. The quantitative estimate of drug-likeness (QED) is 0.399. The summed E-state index contributed by atoms with van der Waals surface area (Å²) in [6.07, 6.45) is -1.46. The molecular formula is C26H25F2N5O3. The molecule has 0 aliphatic carbocycles. The number of alkyl halides is 2. The number of carbonyl (C=O) groups is 1. The number of hydrogen-bond acceptors (Lipinski definition) is 6. The number of carbonyl (C=O) groups excluding carboxylic acids is 1. The summed E-state index contributed by atoms with van der Waals surface area (Å²) in [6.45, 7) is 2.26. The standard InChI is InChI=1S/C26H25F2N5O3/c1-35-19-7-3-17(4-8-19)22-15-23(24(27)28)33-25(30-22)21(16-29-33)26(34)32-13-11-31(12-14-32)18-5-9-20(36-2)10-6-18/h3-10,15-16,24H,11-14H2,1-2H3. The average Bonchev–Trinajstić information content (AvgIpc) is 3.36. The van der Waals surface area contributed by atoms with Crippen LogP contribution in [-0.4, -0.2) is 65.8 Å². The maximum absolute atomic E-state index is 13.9. The van der Waals surface area contributed by atoms with Crippen LogP contribution in [0.3, 0.4) is 0 Å². The Morgan fingerprint density at radius 3 is 2.11 bits per heavy atom. The number of fused-ring (bicyclic) bond motifs is 1. The molecule has 0 atom stereocenters. The van der Waals surface area contributed by atoms with Crippen molar-refractivity contribution in [2.45, 2.75) is 6.43 Å². The highest BCUT2D eigenvalue weighted by Crippen LogP contribution is 2.28. The molecule has 1 amide bonds. The smallest absolute Gasteiger partial charge is 0.280 e. The largest absolute Gasteiger partial charge is 0.497 e. The van der Waals surface area contributed by atoms with Crippen molar-refractivity contribution in [2.24, 2.45) is 0 Å². The van der Waals surface area contributed by atoms with Gasteiger partial charge in [-0.15, -0.1) is 0 Å². The van der Waals surface area contributed by atoms with Gasteiger partial charge in [-0.1, -0.05) is 0 Å². The van der Waals surface area contributed by atoms with Gasteiger partial charge in [0.05, 0.1) is 26.1 Å². The zero-order valence-electron chi connectivity index (χ0n) is 19.9. The minimum absolute atomic E-state index is 0.112. The number of nitrogens with zero attached hydrogens (tertiary/aromatic N) is 5. The number of aromatic nitrogens is 3. The van der Waals surface area contributed by atoms with Gasteiger partial charge in [0.2, 0.25) is 0 Å². The average molecular weight is 494 g/mol. The van der Waals surface area contributed by atoms with Gasteiger partial charge in [-0.3, -0.25) is 4.79 Å². The summed E-state index contributed by atoms with van der Waals surface area (Å²) in [7, 11) is 3.17. The molecule has 0 radical (unpaired) electrons. The minimum atomic E-state index is -2.79. The van der Waals surface area contributed by atoms with Gasteiger partial charge < -0.3 is 19.3 Å². The van der Waals surface area contributed by atoms with E-state index in [4.69, 9.17) is 9.47 Å². The molecule has 36 heavy (non-hydrogen) atoms. The molecule has 1 fully saturated rings. The van der Waals surface area contributed by atoms with Crippen LogP contribution in [-0.2, 0) is 0 Å². The highest BCUT2D eigenvalue weighted by Gasteiger charge is 2.27. The minimum Gasteiger partial charge on any atom is -0.497 e. The molecule has 186 valence electrons. The topological polar surface area (TPSA) is 72.2 Å². The first-order valence-corrected chi connectivity index (χ1v) is 11.5. The van der Waals surface area contributed by atoms with Gasteiger partial charge >= 0.3 is 0 Å². The second-order valence-electron chi connectivity index (χ2n) is 8.37. The molecule has 10 heteroatoms. The normalized spacial score (nSPS) is 13.9. The molecular weight excluding hydrogens is 468 g/mol. The highest BCUT2D eigenvalue weighted by molar-refractivity contribution is 6.00. The molecule has 5 rings (SSSR count). The predicted molar refractivity (Wildman–Crippen MR) is 131 cm³/mol. The summed E-state index contributed by atoms with van der Waals surface area (Å²) < 4.78 is 39.3. The van der Waals surface area contributed by atoms with Crippen molar-refractivity contribution in [2.75, 3.05) is 45.3 Å². The van der Waals surface area contributed by atoms with Crippen LogP contribution in [0.2, 0.25) is 0 Å². The maximum atomic E-state index is 13.9. The maximum Gasteiger partial charge on any atom is 0.280 e. The van der Waals surface area contributed by atoms with E-state index in [1.165, 1.54) is 12.3 Å². The number of hydrogen-bond donors (Lipinski definition) is 0. The van der Waals surface area contributed by atoms with Gasteiger partial charge in [0.1, 0.15) is 22.8 Å². The molecule has 2 aromatic carbocycles. The summed E-state index contributed by atoms with van der Waals surface area (Å²) >= 11 is 0. The Balaban J connectivity index is 1.41. The molecule has 0 bridgehead atoms. The lowest BCUT2D eigenvalue weighted by molar-refractivity contribution is 0.0748. The lowest BCUT2D eigenvalue weighted by Gasteiger charge is -2.36. The Bertz CT molecular complexity index is 1370. The Hall–Kier alpha value is -4.21. The van der Waals surface area contributed by atoms with Crippen molar-refractivity contribution in [1.82, 2.24) is 19.5 Å². The fourth-order valence-corrected chi connectivity index (χ4v) is 4.33. The number of ether oxygens (including phenoxy) is 2. The van der Waals surface area contributed by atoms with Crippen LogP contribution in [0.15, 0.2) is 60.8 Å². The number of rotatable bonds is 6. The first-order valence-electron chi connectivity index (χ1n) is 11.5. The van der Waals surface area contributed by atoms with Crippen LogP contribution in [0.4, 0.5) is 14.5 Å². The van der Waals surface area contributed by atoms with E-state index in [2.05, 4.69) is 15.0 Å². The molecule has 3 heterocycles. The van der Waals surface area contributed by atoms with Gasteiger partial charge in [0, 0.05) is 37.4 Å². The summed E-state index contributed by atoms with van der Waals surface area (Å²) in [5, 5.41) is 4.08. The van der Waals surface area contributed by atoms with Crippen LogP contribution in [0.25, 0.3) is 16.9 Å². The van der Waals surface area contributed by atoms with E-state index >= 15 is 0 Å². The van der Waals surface area contributed by atoms with Crippen molar-refractivity contribution in [1.29, 1.82) is 0 Å². The molecule has 4 aromatic rings. The number of methoxy groups -OCH3 is 2. The zero-order chi connectivity index (χ0) is 25.2. The van der Waals surface area contributed by atoms with Crippen LogP contribution in [0.5, 0.6) is 11.5 Å². The van der Waals surface area contributed by atoms with Crippen LogP contribution >= 0.6 is 0 Å². The third kappa shape index (κ3) is 4.41.